The van der Waals surface area contributed by atoms with Crippen molar-refractivity contribution in [2.45, 2.75) is 6.92 Å². The molecule has 0 N–H and O–H groups in total. The van der Waals surface area contributed by atoms with Crippen LogP contribution in [0.25, 0.3) is 22.1 Å². The Morgan fingerprint density at radius 3 is 2.06 bits per heavy atom. The molecule has 4 aromatic rings. The van der Waals surface area contributed by atoms with E-state index >= 15 is 0 Å². The largest absolute Gasteiger partial charge is 0.497 e. The number of aryl methyl sites for hydroxylation is 1. The first-order valence-electron chi connectivity index (χ1n) is 9.58. The average Bonchev–Trinajstić information content (AvgIpc) is 2.80. The number of carbonyl (C=O) groups excluding carboxylic acids is 1. The van der Waals surface area contributed by atoms with Crippen molar-refractivity contribution in [3.05, 3.63) is 88.3 Å². The second-order valence-electron chi connectivity index (χ2n) is 6.89. The molecular formula is C25H20O6. The number of esters is 1. The SMILES string of the molecule is COc1ccc(C(=O)Oc2ccc3c(-c4ccc(OC)cc4)cc(=O)oc3c2C)cc1. The number of benzene rings is 3. The molecule has 1 heterocycles. The summed E-state index contributed by atoms with van der Waals surface area (Å²) in [5.74, 6) is 1.17. The lowest BCUT2D eigenvalue weighted by molar-refractivity contribution is 0.0733. The normalized spacial score (nSPS) is 10.7. The van der Waals surface area contributed by atoms with Crippen LogP contribution in [0.5, 0.6) is 17.2 Å². The quantitative estimate of drug-likeness (QED) is 0.259. The van der Waals surface area contributed by atoms with Gasteiger partial charge in [-0.15, -0.1) is 0 Å². The molecule has 0 aliphatic rings. The third-order valence-electron chi connectivity index (χ3n) is 5.04. The Hall–Kier alpha value is -4.06. The van der Waals surface area contributed by atoms with E-state index < -0.39 is 11.6 Å². The van der Waals surface area contributed by atoms with Crippen LogP contribution >= 0.6 is 0 Å². The van der Waals surface area contributed by atoms with Crippen molar-refractivity contribution in [2.75, 3.05) is 14.2 Å². The molecule has 0 unspecified atom stereocenters. The molecule has 4 rings (SSSR count). The predicted octanol–water partition coefficient (Wildman–Crippen LogP) is 5.00. The van der Waals surface area contributed by atoms with Gasteiger partial charge in [-0.3, -0.25) is 0 Å². The van der Waals surface area contributed by atoms with Gasteiger partial charge < -0.3 is 18.6 Å². The van der Waals surface area contributed by atoms with Gasteiger partial charge in [0.1, 0.15) is 22.8 Å². The van der Waals surface area contributed by atoms with Crippen LogP contribution in [0.2, 0.25) is 0 Å². The van der Waals surface area contributed by atoms with E-state index in [1.165, 1.54) is 6.07 Å². The highest BCUT2D eigenvalue weighted by molar-refractivity contribution is 5.97. The summed E-state index contributed by atoms with van der Waals surface area (Å²) in [5, 5.41) is 0.742. The van der Waals surface area contributed by atoms with E-state index in [1.807, 2.05) is 24.3 Å². The summed E-state index contributed by atoms with van der Waals surface area (Å²) in [4.78, 5) is 24.8. The predicted molar refractivity (Wildman–Crippen MR) is 117 cm³/mol. The Labute approximate surface area is 178 Å². The Morgan fingerprint density at radius 1 is 0.839 bits per heavy atom. The molecule has 1 aromatic heterocycles. The van der Waals surface area contributed by atoms with Crippen LogP contribution in [0, 0.1) is 6.92 Å². The summed E-state index contributed by atoms with van der Waals surface area (Å²) < 4.78 is 21.3. The third-order valence-corrected chi connectivity index (χ3v) is 5.04. The van der Waals surface area contributed by atoms with E-state index in [-0.39, 0.29) is 0 Å². The van der Waals surface area contributed by atoms with Gasteiger partial charge in [-0.05, 0) is 66.6 Å². The van der Waals surface area contributed by atoms with Gasteiger partial charge >= 0.3 is 11.6 Å². The van der Waals surface area contributed by atoms with E-state index in [0.29, 0.717) is 28.2 Å². The maximum absolute atomic E-state index is 12.6. The van der Waals surface area contributed by atoms with Crippen LogP contribution in [-0.4, -0.2) is 20.2 Å². The molecule has 0 amide bonds. The lowest BCUT2D eigenvalue weighted by Crippen LogP contribution is -2.09. The van der Waals surface area contributed by atoms with Crippen LogP contribution in [-0.2, 0) is 0 Å². The number of fused-ring (bicyclic) bond motifs is 1. The lowest BCUT2D eigenvalue weighted by atomic mass is 10.00. The Balaban J connectivity index is 1.73. The number of hydrogen-bond acceptors (Lipinski definition) is 6. The van der Waals surface area contributed by atoms with Gasteiger partial charge in [-0.1, -0.05) is 12.1 Å². The second-order valence-corrected chi connectivity index (χ2v) is 6.89. The first-order valence-corrected chi connectivity index (χ1v) is 9.58. The van der Waals surface area contributed by atoms with Crippen LogP contribution < -0.4 is 19.8 Å². The van der Waals surface area contributed by atoms with E-state index in [0.717, 1.165) is 22.3 Å². The van der Waals surface area contributed by atoms with E-state index in [4.69, 9.17) is 18.6 Å². The summed E-state index contributed by atoms with van der Waals surface area (Å²) in [5.41, 5.74) is 2.41. The third kappa shape index (κ3) is 4.00. The van der Waals surface area contributed by atoms with Crippen LogP contribution in [0.15, 0.2) is 75.9 Å². The molecule has 0 saturated carbocycles. The first-order chi connectivity index (χ1) is 15.0. The summed E-state index contributed by atoms with van der Waals surface area (Å²) in [6.07, 6.45) is 0. The molecule has 0 bridgehead atoms. The van der Waals surface area contributed by atoms with E-state index in [2.05, 4.69) is 0 Å². The topological polar surface area (TPSA) is 75.0 Å². The molecular weight excluding hydrogens is 396 g/mol. The van der Waals surface area contributed by atoms with Gasteiger partial charge in [-0.25, -0.2) is 9.59 Å². The second kappa shape index (κ2) is 8.36. The molecule has 0 aliphatic carbocycles. The van der Waals surface area contributed by atoms with Crippen molar-refractivity contribution < 1.29 is 23.4 Å². The molecule has 0 radical (unpaired) electrons. The fraction of sp³-hybridized carbons (Fsp3) is 0.120. The molecule has 0 atom stereocenters. The van der Waals surface area contributed by atoms with Crippen molar-refractivity contribution in [1.82, 2.24) is 0 Å². The number of ether oxygens (including phenoxy) is 3. The van der Waals surface area contributed by atoms with Gasteiger partial charge in [0.2, 0.25) is 0 Å². The molecule has 6 nitrogen and oxygen atoms in total. The van der Waals surface area contributed by atoms with Crippen molar-refractivity contribution >= 4 is 16.9 Å². The Kier molecular flexibility index (Phi) is 5.45. The summed E-state index contributed by atoms with van der Waals surface area (Å²) in [6.45, 7) is 1.75. The van der Waals surface area contributed by atoms with Crippen molar-refractivity contribution in [2.24, 2.45) is 0 Å². The van der Waals surface area contributed by atoms with E-state index in [1.54, 1.807) is 57.5 Å². The van der Waals surface area contributed by atoms with Crippen LogP contribution in [0.1, 0.15) is 15.9 Å². The monoisotopic (exact) mass is 416 g/mol. The average molecular weight is 416 g/mol. The first kappa shape index (κ1) is 20.2. The maximum atomic E-state index is 12.6. The molecule has 3 aromatic carbocycles. The number of methoxy groups -OCH3 is 2. The maximum Gasteiger partial charge on any atom is 0.343 e. The van der Waals surface area contributed by atoms with Crippen molar-refractivity contribution in [1.29, 1.82) is 0 Å². The molecule has 6 heteroatoms. The summed E-state index contributed by atoms with van der Waals surface area (Å²) >= 11 is 0. The van der Waals surface area contributed by atoms with E-state index in [9.17, 15) is 9.59 Å². The molecule has 0 spiro atoms. The zero-order chi connectivity index (χ0) is 22.0. The zero-order valence-electron chi connectivity index (χ0n) is 17.3. The van der Waals surface area contributed by atoms with Crippen LogP contribution in [0.3, 0.4) is 0 Å². The van der Waals surface area contributed by atoms with Crippen molar-refractivity contribution in [3.63, 3.8) is 0 Å². The molecule has 0 fully saturated rings. The van der Waals surface area contributed by atoms with Gasteiger partial charge in [0.25, 0.3) is 0 Å². The number of carbonyl (C=O) groups is 1. The molecule has 0 aliphatic heterocycles. The standard InChI is InChI=1S/C25H20O6/c1-15-22(30-25(27)17-6-10-19(29-3)11-7-17)13-12-20-21(14-23(26)31-24(15)20)16-4-8-18(28-2)9-5-16/h4-14H,1-3H3. The van der Waals surface area contributed by atoms with Crippen LogP contribution in [0.4, 0.5) is 0 Å². The zero-order valence-corrected chi connectivity index (χ0v) is 17.3. The number of hydrogen-bond donors (Lipinski definition) is 0. The fourth-order valence-electron chi connectivity index (χ4n) is 3.35. The minimum absolute atomic E-state index is 0.323. The lowest BCUT2D eigenvalue weighted by Gasteiger charge is -2.12. The van der Waals surface area contributed by atoms with Gasteiger partial charge in [0.15, 0.2) is 0 Å². The van der Waals surface area contributed by atoms with Crippen molar-refractivity contribution in [3.8, 4) is 28.4 Å². The summed E-state index contributed by atoms with van der Waals surface area (Å²) in [7, 11) is 3.15. The summed E-state index contributed by atoms with van der Waals surface area (Å²) in [6, 6.07) is 19.0. The number of rotatable bonds is 5. The van der Waals surface area contributed by atoms with Gasteiger partial charge in [0, 0.05) is 17.0 Å². The highest BCUT2D eigenvalue weighted by Gasteiger charge is 2.16. The smallest absolute Gasteiger partial charge is 0.343 e. The fourth-order valence-corrected chi connectivity index (χ4v) is 3.35. The molecule has 0 saturated heterocycles. The minimum atomic E-state index is -0.515. The van der Waals surface area contributed by atoms with Gasteiger partial charge in [0.05, 0.1) is 19.8 Å². The molecule has 156 valence electrons. The Morgan fingerprint density at radius 2 is 1.45 bits per heavy atom. The highest BCUT2D eigenvalue weighted by Crippen LogP contribution is 2.34. The molecule has 31 heavy (non-hydrogen) atoms. The minimum Gasteiger partial charge on any atom is -0.497 e. The highest BCUT2D eigenvalue weighted by atomic mass is 16.5. The van der Waals surface area contributed by atoms with Gasteiger partial charge in [-0.2, -0.15) is 0 Å². The Bertz CT molecular complexity index is 1300.